The quantitative estimate of drug-likeness (QED) is 0.784. The van der Waals surface area contributed by atoms with Crippen molar-refractivity contribution in [2.45, 2.75) is 38.1 Å². The van der Waals surface area contributed by atoms with E-state index in [0.717, 1.165) is 30.2 Å². The molecule has 1 fully saturated rings. The summed E-state index contributed by atoms with van der Waals surface area (Å²) in [5.41, 5.74) is 0.721. The summed E-state index contributed by atoms with van der Waals surface area (Å²) in [4.78, 5) is 25.6. The lowest BCUT2D eigenvalue weighted by molar-refractivity contribution is 0.0849. The molecule has 0 atom stereocenters. The Hall–Kier alpha value is -1.91. The van der Waals surface area contributed by atoms with E-state index in [4.69, 9.17) is 0 Å². The van der Waals surface area contributed by atoms with Gasteiger partial charge >= 0.3 is 0 Å². The predicted octanol–water partition coefficient (Wildman–Crippen LogP) is 2.05. The van der Waals surface area contributed by atoms with E-state index in [0.29, 0.717) is 19.1 Å². The van der Waals surface area contributed by atoms with Crippen LogP contribution in [0.4, 0.5) is 5.82 Å². The Morgan fingerprint density at radius 2 is 2.05 bits per heavy atom. The maximum absolute atomic E-state index is 12.5. The third-order valence-electron chi connectivity index (χ3n) is 4.46. The zero-order valence-electron chi connectivity index (χ0n) is 11.5. The van der Waals surface area contributed by atoms with Crippen LogP contribution >= 0.6 is 0 Å². The highest BCUT2D eigenvalue weighted by Crippen LogP contribution is 2.34. The van der Waals surface area contributed by atoms with Crippen LogP contribution in [0.25, 0.3) is 0 Å². The summed E-state index contributed by atoms with van der Waals surface area (Å²) >= 11 is 0. The molecule has 3 aliphatic rings. The maximum atomic E-state index is 12.5. The average Bonchev–Trinajstić information content (AvgIpc) is 2.98. The molecule has 0 unspecified atom stereocenters. The standard InChI is InChI=1S/C15H18N4O/c20-14-12-7-4-8-16-13(12)19(11-5-2-1-3-6-11)15-17-9-10-18(14)15/h4,7-8,11H,1-3,5-6,9-10H2. The van der Waals surface area contributed by atoms with Gasteiger partial charge in [-0.2, -0.15) is 0 Å². The molecule has 0 bridgehead atoms. The Morgan fingerprint density at radius 3 is 2.90 bits per heavy atom. The number of nitrogens with zero attached hydrogens (tertiary/aromatic N) is 4. The SMILES string of the molecule is O=C1c2cccnc2N(C2CCCCC2)C2=NCCN12. The molecular weight excluding hydrogens is 252 g/mol. The predicted molar refractivity (Wildman–Crippen MR) is 76.9 cm³/mol. The lowest BCUT2D eigenvalue weighted by atomic mass is 9.93. The zero-order valence-corrected chi connectivity index (χ0v) is 11.5. The summed E-state index contributed by atoms with van der Waals surface area (Å²) in [6, 6.07) is 4.16. The molecule has 0 radical (unpaired) electrons. The number of hydrogen-bond donors (Lipinski definition) is 0. The van der Waals surface area contributed by atoms with Gasteiger partial charge in [0, 0.05) is 18.8 Å². The number of carbonyl (C=O) groups is 1. The molecule has 1 aromatic heterocycles. The van der Waals surface area contributed by atoms with Gasteiger partial charge in [-0.25, -0.2) is 4.98 Å². The second-order valence-corrected chi connectivity index (χ2v) is 5.67. The first kappa shape index (κ1) is 11.9. The fourth-order valence-electron chi connectivity index (χ4n) is 3.51. The highest BCUT2D eigenvalue weighted by Gasteiger charge is 2.41. The van der Waals surface area contributed by atoms with Crippen LogP contribution < -0.4 is 4.90 Å². The van der Waals surface area contributed by atoms with Crippen LogP contribution in [0.2, 0.25) is 0 Å². The Balaban J connectivity index is 1.82. The number of hydrogen-bond acceptors (Lipinski definition) is 4. The summed E-state index contributed by atoms with van der Waals surface area (Å²) < 4.78 is 0. The van der Waals surface area contributed by atoms with E-state index in [2.05, 4.69) is 14.9 Å². The van der Waals surface area contributed by atoms with Crippen molar-refractivity contribution in [2.24, 2.45) is 4.99 Å². The highest BCUT2D eigenvalue weighted by atomic mass is 16.2. The normalized spacial score (nSPS) is 22.6. The lowest BCUT2D eigenvalue weighted by Gasteiger charge is -2.41. The molecule has 0 saturated heterocycles. The Bertz CT molecular complexity index is 577. The average molecular weight is 270 g/mol. The zero-order chi connectivity index (χ0) is 13.5. The second kappa shape index (κ2) is 4.58. The third kappa shape index (κ3) is 1.65. The van der Waals surface area contributed by atoms with Crippen LogP contribution in [0.1, 0.15) is 42.5 Å². The molecule has 0 aromatic carbocycles. The van der Waals surface area contributed by atoms with Gasteiger partial charge in [0.05, 0.1) is 12.1 Å². The number of anilines is 1. The molecule has 1 aromatic rings. The Kier molecular flexibility index (Phi) is 2.72. The first-order valence-corrected chi connectivity index (χ1v) is 7.47. The molecule has 0 N–H and O–H groups in total. The number of carbonyl (C=O) groups excluding carboxylic acids is 1. The number of aliphatic imine (C=N–C) groups is 1. The molecule has 4 rings (SSSR count). The van der Waals surface area contributed by atoms with Crippen LogP contribution in [-0.2, 0) is 0 Å². The van der Waals surface area contributed by atoms with Crippen molar-refractivity contribution < 1.29 is 4.79 Å². The van der Waals surface area contributed by atoms with Gasteiger partial charge in [0.2, 0.25) is 5.96 Å². The van der Waals surface area contributed by atoms with Crippen molar-refractivity contribution in [3.8, 4) is 0 Å². The van der Waals surface area contributed by atoms with E-state index in [1.165, 1.54) is 19.3 Å². The molecule has 104 valence electrons. The minimum Gasteiger partial charge on any atom is -0.293 e. The van der Waals surface area contributed by atoms with Crippen molar-refractivity contribution in [1.82, 2.24) is 9.88 Å². The second-order valence-electron chi connectivity index (χ2n) is 5.67. The Morgan fingerprint density at radius 1 is 1.20 bits per heavy atom. The molecule has 20 heavy (non-hydrogen) atoms. The van der Waals surface area contributed by atoms with E-state index in [1.54, 1.807) is 6.20 Å². The number of amides is 1. The first-order valence-electron chi connectivity index (χ1n) is 7.47. The van der Waals surface area contributed by atoms with Gasteiger partial charge in [0.25, 0.3) is 5.91 Å². The molecule has 5 heteroatoms. The summed E-state index contributed by atoms with van der Waals surface area (Å²) in [5.74, 6) is 1.69. The Labute approximate surface area is 118 Å². The number of guanidine groups is 1. The van der Waals surface area contributed by atoms with Gasteiger partial charge in [-0.05, 0) is 25.0 Å². The van der Waals surface area contributed by atoms with E-state index in [1.807, 2.05) is 17.0 Å². The van der Waals surface area contributed by atoms with Gasteiger partial charge in [-0.3, -0.25) is 19.6 Å². The van der Waals surface area contributed by atoms with Gasteiger partial charge in [-0.15, -0.1) is 0 Å². The minimum absolute atomic E-state index is 0.0522. The van der Waals surface area contributed by atoms with Gasteiger partial charge in [-0.1, -0.05) is 19.3 Å². The topological polar surface area (TPSA) is 48.8 Å². The molecule has 1 aliphatic carbocycles. The summed E-state index contributed by atoms with van der Waals surface area (Å²) in [5, 5.41) is 0. The molecule has 0 spiro atoms. The number of rotatable bonds is 1. The van der Waals surface area contributed by atoms with Gasteiger partial charge < -0.3 is 0 Å². The summed E-state index contributed by atoms with van der Waals surface area (Å²) in [6.45, 7) is 1.41. The van der Waals surface area contributed by atoms with Crippen molar-refractivity contribution in [1.29, 1.82) is 0 Å². The molecule has 3 heterocycles. The van der Waals surface area contributed by atoms with Crippen LogP contribution in [-0.4, -0.2) is 40.9 Å². The number of aromatic nitrogens is 1. The van der Waals surface area contributed by atoms with E-state index in [9.17, 15) is 4.79 Å². The van der Waals surface area contributed by atoms with E-state index < -0.39 is 0 Å². The van der Waals surface area contributed by atoms with Crippen LogP contribution in [0.3, 0.4) is 0 Å². The maximum Gasteiger partial charge on any atom is 0.264 e. The third-order valence-corrected chi connectivity index (χ3v) is 4.46. The fourth-order valence-corrected chi connectivity index (χ4v) is 3.51. The van der Waals surface area contributed by atoms with E-state index in [-0.39, 0.29) is 5.91 Å². The molecular formula is C15H18N4O. The number of fused-ring (bicyclic) bond motifs is 2. The summed E-state index contributed by atoms with van der Waals surface area (Å²) in [6.07, 6.45) is 7.92. The smallest absolute Gasteiger partial charge is 0.264 e. The largest absolute Gasteiger partial charge is 0.293 e. The number of pyridine rings is 1. The van der Waals surface area contributed by atoms with Crippen LogP contribution in [0.5, 0.6) is 0 Å². The van der Waals surface area contributed by atoms with Crippen molar-refractivity contribution in [2.75, 3.05) is 18.0 Å². The van der Waals surface area contributed by atoms with Crippen LogP contribution in [0, 0.1) is 0 Å². The molecule has 1 amide bonds. The van der Waals surface area contributed by atoms with Gasteiger partial charge in [0.15, 0.2) is 0 Å². The van der Waals surface area contributed by atoms with E-state index >= 15 is 0 Å². The fraction of sp³-hybridized carbons (Fsp3) is 0.533. The van der Waals surface area contributed by atoms with Crippen molar-refractivity contribution in [3.05, 3.63) is 23.9 Å². The lowest BCUT2D eigenvalue weighted by Crippen LogP contribution is -2.54. The minimum atomic E-state index is 0.0522. The molecule has 1 saturated carbocycles. The highest BCUT2D eigenvalue weighted by molar-refractivity contribution is 6.18. The van der Waals surface area contributed by atoms with Crippen LogP contribution in [0.15, 0.2) is 23.3 Å². The van der Waals surface area contributed by atoms with Gasteiger partial charge in [0.1, 0.15) is 5.82 Å². The summed E-state index contributed by atoms with van der Waals surface area (Å²) in [7, 11) is 0. The van der Waals surface area contributed by atoms with Crippen molar-refractivity contribution in [3.63, 3.8) is 0 Å². The molecule has 2 aliphatic heterocycles. The molecule has 5 nitrogen and oxygen atoms in total. The van der Waals surface area contributed by atoms with Crippen molar-refractivity contribution >= 4 is 17.7 Å². The first-order chi connectivity index (χ1) is 9.86. The monoisotopic (exact) mass is 270 g/mol.